The van der Waals surface area contributed by atoms with Gasteiger partial charge in [-0.25, -0.2) is 9.78 Å². The number of amides is 3. The van der Waals surface area contributed by atoms with Crippen LogP contribution in [0.1, 0.15) is 113 Å². The van der Waals surface area contributed by atoms with E-state index in [-0.39, 0.29) is 23.7 Å². The van der Waals surface area contributed by atoms with Gasteiger partial charge in [-0.2, -0.15) is 0 Å². The maximum Gasteiger partial charge on any atom is 0.410 e. The van der Waals surface area contributed by atoms with Gasteiger partial charge in [0.1, 0.15) is 34.1 Å². The predicted octanol–water partition coefficient (Wildman–Crippen LogP) is 6.91. The third-order valence-corrected chi connectivity index (χ3v) is 10.3. The Morgan fingerprint density at radius 3 is 2.55 bits per heavy atom. The number of likely N-dealkylation sites (N-methyl/N-ethyl adjacent to an activating group) is 1. The quantitative estimate of drug-likeness (QED) is 0.135. The first-order valence-electron chi connectivity index (χ1n) is 16.7. The number of hydrogen-bond donors (Lipinski definition) is 1. The lowest BCUT2D eigenvalue weighted by Crippen LogP contribution is -2.56. The number of halogens is 1. The zero-order valence-corrected chi connectivity index (χ0v) is 30.7. The van der Waals surface area contributed by atoms with E-state index in [1.807, 2.05) is 17.0 Å². The minimum Gasteiger partial charge on any atom is -0.494 e. The highest BCUT2D eigenvalue weighted by atomic mass is 79.9. The van der Waals surface area contributed by atoms with Gasteiger partial charge in [-0.3, -0.25) is 19.3 Å². The number of benzene rings is 1. The number of rotatable bonds is 13. The molecule has 1 aliphatic heterocycles. The van der Waals surface area contributed by atoms with Crippen molar-refractivity contribution >= 4 is 51.0 Å². The average Bonchev–Trinajstić information content (AvgIpc) is 3.74. The minimum atomic E-state index is -0.830. The zero-order valence-electron chi connectivity index (χ0n) is 28.3. The smallest absolute Gasteiger partial charge is 0.410 e. The molecule has 47 heavy (non-hydrogen) atoms. The molecule has 2 aliphatic rings. The normalized spacial score (nSPS) is 18.3. The van der Waals surface area contributed by atoms with Crippen LogP contribution in [0.25, 0.3) is 0 Å². The Balaban J connectivity index is 1.48. The van der Waals surface area contributed by atoms with Crippen molar-refractivity contribution in [1.29, 1.82) is 0 Å². The molecule has 2 unspecified atom stereocenters. The molecule has 4 rings (SSSR count). The Bertz CT molecular complexity index is 1390. The van der Waals surface area contributed by atoms with Crippen LogP contribution < -0.4 is 10.1 Å². The van der Waals surface area contributed by atoms with E-state index in [1.54, 1.807) is 45.2 Å². The van der Waals surface area contributed by atoms with E-state index < -0.39 is 29.7 Å². The molecule has 2 aromatic rings. The number of aromatic nitrogens is 1. The van der Waals surface area contributed by atoms with Crippen LogP contribution in [0.15, 0.2) is 29.6 Å². The van der Waals surface area contributed by atoms with E-state index in [1.165, 1.54) is 23.3 Å². The molecule has 2 heterocycles. The van der Waals surface area contributed by atoms with Crippen molar-refractivity contribution in [3.8, 4) is 5.75 Å². The molecular weight excluding hydrogens is 684 g/mol. The first-order valence-corrected chi connectivity index (χ1v) is 18.8. The molecule has 3 amide bonds. The van der Waals surface area contributed by atoms with Gasteiger partial charge in [0.15, 0.2) is 0 Å². The Kier molecular flexibility index (Phi) is 13.2. The first-order chi connectivity index (χ1) is 22.4. The summed E-state index contributed by atoms with van der Waals surface area (Å²) in [6.07, 6.45) is 7.68. The second-order valence-corrected chi connectivity index (χ2v) is 15.2. The van der Waals surface area contributed by atoms with Gasteiger partial charge >= 0.3 is 6.09 Å². The summed E-state index contributed by atoms with van der Waals surface area (Å²) in [6.45, 7) is 8.09. The number of carbonyl (C=O) groups excluding carboxylic acids is 4. The van der Waals surface area contributed by atoms with Gasteiger partial charge in [0.05, 0.1) is 12.6 Å². The molecule has 1 aromatic carbocycles. The average molecular weight is 734 g/mol. The van der Waals surface area contributed by atoms with Gasteiger partial charge < -0.3 is 19.7 Å². The highest BCUT2D eigenvalue weighted by Gasteiger charge is 2.41. The maximum absolute atomic E-state index is 14.3. The lowest BCUT2D eigenvalue weighted by atomic mass is 9.83. The van der Waals surface area contributed by atoms with E-state index >= 15 is 0 Å². The summed E-state index contributed by atoms with van der Waals surface area (Å²) in [7, 11) is 1.53. The Morgan fingerprint density at radius 2 is 1.85 bits per heavy atom. The molecule has 258 valence electrons. The van der Waals surface area contributed by atoms with Crippen molar-refractivity contribution in [2.75, 3.05) is 25.5 Å². The molecule has 1 aliphatic carbocycles. The van der Waals surface area contributed by atoms with Gasteiger partial charge in [0.2, 0.25) is 17.6 Å². The number of carbonyl (C=O) groups is 4. The van der Waals surface area contributed by atoms with Crippen molar-refractivity contribution in [2.24, 2.45) is 5.92 Å². The van der Waals surface area contributed by atoms with Crippen LogP contribution in [0.4, 0.5) is 4.79 Å². The second kappa shape index (κ2) is 16.9. The third kappa shape index (κ3) is 10.0. The van der Waals surface area contributed by atoms with Crippen molar-refractivity contribution in [2.45, 2.75) is 109 Å². The SMILES string of the molecule is CC(C(=O)NC(C(=O)N1CCC[C@H]1c1nc(C(=O)c2cccc(OCCCCBr)c2)cs1)C1CCCCC1)N(C)C(=O)OC(C)(C)C. The first kappa shape index (κ1) is 36.8. The van der Waals surface area contributed by atoms with Crippen molar-refractivity contribution in [3.63, 3.8) is 0 Å². The number of unbranched alkanes of at least 4 members (excludes halogenated alkanes) is 1. The van der Waals surface area contributed by atoms with Gasteiger partial charge in [-0.1, -0.05) is 47.3 Å². The Morgan fingerprint density at radius 1 is 1.11 bits per heavy atom. The molecule has 1 saturated heterocycles. The van der Waals surface area contributed by atoms with Crippen molar-refractivity contribution in [3.05, 3.63) is 45.9 Å². The number of nitrogens with one attached hydrogen (secondary N) is 1. The lowest BCUT2D eigenvalue weighted by Gasteiger charge is -2.36. The molecule has 2 fully saturated rings. The Labute approximate surface area is 291 Å². The van der Waals surface area contributed by atoms with E-state index in [4.69, 9.17) is 14.5 Å². The van der Waals surface area contributed by atoms with Crippen LogP contribution in [0.3, 0.4) is 0 Å². The predicted molar refractivity (Wildman–Crippen MR) is 186 cm³/mol. The monoisotopic (exact) mass is 732 g/mol. The molecule has 3 atom stereocenters. The fourth-order valence-corrected chi connectivity index (χ4v) is 7.40. The van der Waals surface area contributed by atoms with E-state index in [2.05, 4.69) is 21.2 Å². The van der Waals surface area contributed by atoms with Crippen molar-refractivity contribution < 1.29 is 28.7 Å². The molecular formula is C35H49BrN4O6S. The molecule has 1 N–H and O–H groups in total. The van der Waals surface area contributed by atoms with Crippen LogP contribution in [0.5, 0.6) is 5.75 Å². The minimum absolute atomic E-state index is 0.00267. The summed E-state index contributed by atoms with van der Waals surface area (Å²) >= 11 is 4.81. The van der Waals surface area contributed by atoms with Gasteiger partial charge in [0.25, 0.3) is 0 Å². The standard InChI is InChI=1S/C35H49BrN4O6S/c1-23(39(5)34(44)46-35(2,3)4)31(42)38-29(24-13-7-6-8-14-24)33(43)40-19-12-17-28(40)32-37-27(22-47-32)30(41)25-15-11-16-26(21-25)45-20-10-9-18-36/h11,15-16,21-24,28-29H,6-10,12-14,17-20H2,1-5H3,(H,38,42)/t23?,28-,29?/m0/s1. The molecule has 0 bridgehead atoms. The number of nitrogens with zero attached hydrogens (tertiary/aromatic N) is 3. The fraction of sp³-hybridized carbons (Fsp3) is 0.629. The summed E-state index contributed by atoms with van der Waals surface area (Å²) in [5.41, 5.74) is 0.153. The van der Waals surface area contributed by atoms with E-state index in [9.17, 15) is 19.2 Å². The summed E-state index contributed by atoms with van der Waals surface area (Å²) in [6, 6.07) is 5.35. The number of ether oxygens (including phenoxy) is 2. The van der Waals surface area contributed by atoms with Crippen LogP contribution in [-0.2, 0) is 14.3 Å². The molecule has 0 spiro atoms. The number of thiazole rings is 1. The number of hydrogen-bond acceptors (Lipinski definition) is 8. The van der Waals surface area contributed by atoms with E-state index in [0.29, 0.717) is 35.2 Å². The van der Waals surface area contributed by atoms with Crippen LogP contribution in [0, 0.1) is 5.92 Å². The van der Waals surface area contributed by atoms with Gasteiger partial charge in [-0.15, -0.1) is 11.3 Å². The molecule has 1 aromatic heterocycles. The third-order valence-electron chi connectivity index (χ3n) is 8.80. The van der Waals surface area contributed by atoms with E-state index in [0.717, 1.165) is 63.1 Å². The topological polar surface area (TPSA) is 118 Å². The number of ketones is 1. The van der Waals surface area contributed by atoms with Crippen LogP contribution in [-0.4, -0.2) is 81.7 Å². The summed E-state index contributed by atoms with van der Waals surface area (Å²) in [4.78, 5) is 61.7. The highest BCUT2D eigenvalue weighted by Crippen LogP contribution is 2.36. The number of likely N-dealkylation sites (tertiary alicyclic amines) is 1. The van der Waals surface area contributed by atoms with Crippen molar-refractivity contribution in [1.82, 2.24) is 20.1 Å². The second-order valence-electron chi connectivity index (χ2n) is 13.5. The zero-order chi connectivity index (χ0) is 34.1. The summed E-state index contributed by atoms with van der Waals surface area (Å²) in [5, 5.41) is 6.44. The molecule has 0 radical (unpaired) electrons. The molecule has 10 nitrogen and oxygen atoms in total. The number of alkyl halides is 1. The molecule has 12 heteroatoms. The molecule has 1 saturated carbocycles. The van der Waals surface area contributed by atoms with Crippen LogP contribution in [0.2, 0.25) is 0 Å². The van der Waals surface area contributed by atoms with Crippen LogP contribution >= 0.6 is 27.3 Å². The Hall–Kier alpha value is -2.99. The fourth-order valence-electron chi connectivity index (χ4n) is 6.06. The lowest BCUT2D eigenvalue weighted by molar-refractivity contribution is -0.140. The largest absolute Gasteiger partial charge is 0.494 e. The highest BCUT2D eigenvalue weighted by molar-refractivity contribution is 9.09. The maximum atomic E-state index is 14.3. The van der Waals surface area contributed by atoms with Gasteiger partial charge in [-0.05, 0) is 84.3 Å². The summed E-state index contributed by atoms with van der Waals surface area (Å²) in [5.74, 6) is -0.0642. The summed E-state index contributed by atoms with van der Waals surface area (Å²) < 4.78 is 11.3. The van der Waals surface area contributed by atoms with Gasteiger partial charge in [0, 0.05) is 29.9 Å².